The minimum Gasteiger partial charge on any atom is -0.456 e. The summed E-state index contributed by atoms with van der Waals surface area (Å²) in [6.45, 7) is 0.971. The van der Waals surface area contributed by atoms with Gasteiger partial charge in [0, 0.05) is 36.7 Å². The lowest BCUT2D eigenvalue weighted by molar-refractivity contribution is -0.150. The van der Waals surface area contributed by atoms with Crippen LogP contribution in [0.25, 0.3) is 0 Å². The van der Waals surface area contributed by atoms with Crippen molar-refractivity contribution in [3.05, 3.63) is 57.1 Å². The van der Waals surface area contributed by atoms with E-state index in [2.05, 4.69) is 10.3 Å². The smallest absolute Gasteiger partial charge is 0.416 e. The quantitative estimate of drug-likeness (QED) is 0.436. The third kappa shape index (κ3) is 4.60. The number of piperidine rings is 1. The zero-order chi connectivity index (χ0) is 25.5. The molecule has 1 unspecified atom stereocenters. The summed E-state index contributed by atoms with van der Waals surface area (Å²) in [6, 6.07) is 5.99. The number of benzene rings is 2. The topological polar surface area (TPSA) is 88.1 Å². The fourth-order valence-electron chi connectivity index (χ4n) is 4.26. The Morgan fingerprint density at radius 1 is 1.26 bits per heavy atom. The van der Waals surface area contributed by atoms with E-state index in [9.17, 15) is 27.6 Å². The number of anilines is 1. The molecular weight excluding hydrogens is 510 g/mol. The molecule has 1 saturated heterocycles. The van der Waals surface area contributed by atoms with Crippen LogP contribution < -0.4 is 5.32 Å². The Hall–Kier alpha value is -3.11. The van der Waals surface area contributed by atoms with Crippen LogP contribution in [-0.2, 0) is 26.0 Å². The second-order valence-electron chi connectivity index (χ2n) is 8.11. The van der Waals surface area contributed by atoms with Crippen molar-refractivity contribution in [3.8, 4) is 0 Å². The predicted molar refractivity (Wildman–Crippen MR) is 124 cm³/mol. The van der Waals surface area contributed by atoms with Crippen LogP contribution in [0.1, 0.15) is 34.8 Å². The maximum atomic E-state index is 13.2. The van der Waals surface area contributed by atoms with Gasteiger partial charge in [0.05, 0.1) is 33.6 Å². The molecule has 0 radical (unpaired) electrons. The molecule has 0 aliphatic carbocycles. The molecule has 0 saturated carbocycles. The van der Waals surface area contributed by atoms with Crippen molar-refractivity contribution >= 4 is 58.5 Å². The number of esters is 1. The molecule has 2 aromatic rings. The van der Waals surface area contributed by atoms with E-state index in [1.165, 1.54) is 11.8 Å². The number of nitrogens with one attached hydrogen (secondary N) is 1. The molecule has 0 aromatic heterocycles. The van der Waals surface area contributed by atoms with E-state index < -0.39 is 35.8 Å². The van der Waals surface area contributed by atoms with Gasteiger partial charge >= 0.3 is 12.1 Å². The number of halogens is 5. The highest BCUT2D eigenvalue weighted by Crippen LogP contribution is 2.49. The summed E-state index contributed by atoms with van der Waals surface area (Å²) < 4.78 is 44.4. The summed E-state index contributed by atoms with van der Waals surface area (Å²) in [5, 5.41) is 3.62. The molecule has 0 spiro atoms. The molecule has 4 rings (SSSR count). The summed E-state index contributed by atoms with van der Waals surface area (Å²) >= 11 is 12.6. The van der Waals surface area contributed by atoms with Gasteiger partial charge in [-0.3, -0.25) is 19.4 Å². The van der Waals surface area contributed by atoms with Gasteiger partial charge in [0.1, 0.15) is 5.54 Å². The first-order valence-electron chi connectivity index (χ1n) is 10.4. The van der Waals surface area contributed by atoms with Gasteiger partial charge in [0.2, 0.25) is 0 Å². The van der Waals surface area contributed by atoms with E-state index >= 15 is 0 Å². The molecule has 2 aromatic carbocycles. The van der Waals surface area contributed by atoms with E-state index in [1.54, 1.807) is 12.1 Å². The van der Waals surface area contributed by atoms with Gasteiger partial charge in [-0.15, -0.1) is 0 Å². The number of aldehydes is 1. The molecule has 35 heavy (non-hydrogen) atoms. The monoisotopic (exact) mass is 527 g/mol. The van der Waals surface area contributed by atoms with Crippen LogP contribution in [0, 0.1) is 0 Å². The van der Waals surface area contributed by atoms with Crippen molar-refractivity contribution in [2.45, 2.75) is 25.1 Å². The zero-order valence-corrected chi connectivity index (χ0v) is 19.7. The van der Waals surface area contributed by atoms with Crippen molar-refractivity contribution in [1.82, 2.24) is 4.90 Å². The summed E-state index contributed by atoms with van der Waals surface area (Å²) in [7, 11) is 0. The largest absolute Gasteiger partial charge is 0.456 e. The third-order valence-electron chi connectivity index (χ3n) is 5.92. The number of nitrogens with zero attached hydrogens (tertiary/aromatic N) is 2. The van der Waals surface area contributed by atoms with Crippen LogP contribution in [0.15, 0.2) is 35.3 Å². The number of aliphatic imine (C=N–C) groups is 1. The highest BCUT2D eigenvalue weighted by molar-refractivity contribution is 6.44. The van der Waals surface area contributed by atoms with Crippen LogP contribution in [0.4, 0.5) is 24.5 Å². The molecule has 2 aliphatic rings. The van der Waals surface area contributed by atoms with Crippen LogP contribution in [0.5, 0.6) is 0 Å². The number of likely N-dealkylation sites (tertiary alicyclic amines) is 1. The SMILES string of the molecule is CC(=O)OCC(=O)N1CCC2=Nc3c(ccc(Cl)c3Cl)C2(Nc2ccc(C(F)(F)F)cc2C=O)C1. The minimum absolute atomic E-state index is 0.00376. The number of hydrogen-bond acceptors (Lipinski definition) is 6. The van der Waals surface area contributed by atoms with Crippen molar-refractivity contribution in [2.75, 3.05) is 25.0 Å². The van der Waals surface area contributed by atoms with Crippen LogP contribution in [-0.4, -0.2) is 48.5 Å². The number of carbonyl (C=O) groups is 3. The average Bonchev–Trinajstić information content (AvgIpc) is 3.13. The van der Waals surface area contributed by atoms with E-state index in [1.807, 2.05) is 0 Å². The molecule has 7 nitrogen and oxygen atoms in total. The molecule has 1 amide bonds. The highest BCUT2D eigenvalue weighted by Gasteiger charge is 2.49. The first-order chi connectivity index (χ1) is 16.5. The molecule has 1 fully saturated rings. The Morgan fingerprint density at radius 2 is 2.00 bits per heavy atom. The lowest BCUT2D eigenvalue weighted by Crippen LogP contribution is -2.57. The van der Waals surface area contributed by atoms with Gasteiger partial charge in [0.15, 0.2) is 12.9 Å². The number of amides is 1. The highest BCUT2D eigenvalue weighted by atomic mass is 35.5. The number of fused-ring (bicyclic) bond motifs is 3. The standard InChI is InChI=1S/C23H18Cl2F3N3O4/c1-12(33)35-10-19(34)31-7-6-18-22(11-31,15-3-4-16(24)20(25)21(15)29-18)30-17-5-2-14(23(26,27)28)8-13(17)9-32/h2-5,8-9,30H,6-7,10-11H2,1H3. The second-order valence-corrected chi connectivity index (χ2v) is 8.89. The normalized spacial score (nSPS) is 18.9. The number of carbonyl (C=O) groups excluding carboxylic acids is 3. The Bertz CT molecular complexity index is 1270. The Morgan fingerprint density at radius 3 is 2.66 bits per heavy atom. The number of ether oxygens (including phenoxy) is 1. The summed E-state index contributed by atoms with van der Waals surface area (Å²) in [5.74, 6) is -1.07. The van der Waals surface area contributed by atoms with Gasteiger partial charge in [-0.1, -0.05) is 29.3 Å². The molecule has 1 N–H and O–H groups in total. The molecule has 12 heteroatoms. The summed E-state index contributed by atoms with van der Waals surface area (Å²) in [4.78, 5) is 41.7. The fourth-order valence-corrected chi connectivity index (χ4v) is 4.62. The van der Waals surface area contributed by atoms with Crippen molar-refractivity contribution in [3.63, 3.8) is 0 Å². The molecule has 184 valence electrons. The maximum absolute atomic E-state index is 13.2. The molecule has 2 aliphatic heterocycles. The summed E-state index contributed by atoms with van der Waals surface area (Å²) in [5.41, 5.74) is -0.783. The van der Waals surface area contributed by atoms with Gasteiger partial charge in [-0.2, -0.15) is 13.2 Å². The Labute approximate surface area is 207 Å². The van der Waals surface area contributed by atoms with Gasteiger partial charge in [-0.05, 0) is 24.3 Å². The third-order valence-corrected chi connectivity index (χ3v) is 6.71. The number of alkyl halides is 3. The molecule has 0 bridgehead atoms. The average molecular weight is 528 g/mol. The van der Waals surface area contributed by atoms with Crippen LogP contribution in [0.3, 0.4) is 0 Å². The second kappa shape index (κ2) is 9.16. The molecule has 1 atom stereocenters. The van der Waals surface area contributed by atoms with Crippen LogP contribution >= 0.6 is 23.2 Å². The summed E-state index contributed by atoms with van der Waals surface area (Å²) in [6.07, 6.45) is -4.02. The van der Waals surface area contributed by atoms with Gasteiger partial charge < -0.3 is 15.0 Å². The molecule has 2 heterocycles. The van der Waals surface area contributed by atoms with Gasteiger partial charge in [0.25, 0.3) is 5.91 Å². The first kappa shape index (κ1) is 25.0. The number of hydrogen-bond donors (Lipinski definition) is 1. The Balaban J connectivity index is 1.79. The first-order valence-corrected chi connectivity index (χ1v) is 11.1. The maximum Gasteiger partial charge on any atom is 0.416 e. The fraction of sp³-hybridized carbons (Fsp3) is 0.304. The minimum atomic E-state index is -4.63. The van der Waals surface area contributed by atoms with E-state index in [0.29, 0.717) is 29.7 Å². The van der Waals surface area contributed by atoms with E-state index in [0.717, 1.165) is 18.2 Å². The van der Waals surface area contributed by atoms with Crippen molar-refractivity contribution in [1.29, 1.82) is 0 Å². The van der Waals surface area contributed by atoms with Crippen molar-refractivity contribution < 1.29 is 32.3 Å². The zero-order valence-electron chi connectivity index (χ0n) is 18.2. The molecular formula is C23H18Cl2F3N3O4. The predicted octanol–water partition coefficient (Wildman–Crippen LogP) is 5.01. The van der Waals surface area contributed by atoms with E-state index in [4.69, 9.17) is 27.9 Å². The van der Waals surface area contributed by atoms with Gasteiger partial charge in [-0.25, -0.2) is 0 Å². The lowest BCUT2D eigenvalue weighted by Gasteiger charge is -2.43. The van der Waals surface area contributed by atoms with Crippen molar-refractivity contribution in [2.24, 2.45) is 4.99 Å². The van der Waals surface area contributed by atoms with E-state index in [-0.39, 0.29) is 34.4 Å². The Kier molecular flexibility index (Phi) is 6.54. The van der Waals surface area contributed by atoms with Crippen LogP contribution in [0.2, 0.25) is 10.0 Å². The number of rotatable bonds is 5. The lowest BCUT2D eigenvalue weighted by atomic mass is 9.81.